The number of carboxylic acid groups (broad SMARTS) is 5. The Balaban J connectivity index is 3.33. The van der Waals surface area contributed by atoms with Crippen LogP contribution in [0.25, 0.3) is 0 Å². The van der Waals surface area contributed by atoms with Crippen molar-refractivity contribution < 1.29 is 59.4 Å². The van der Waals surface area contributed by atoms with Crippen LogP contribution in [0.4, 0.5) is 5.69 Å². The quantitative estimate of drug-likeness (QED) is 0.106. The van der Waals surface area contributed by atoms with E-state index in [1.54, 1.807) is 0 Å². The number of phenolic OH excluding ortho intramolecular Hbond substituents is 1. The van der Waals surface area contributed by atoms with E-state index in [0.717, 1.165) is 9.80 Å². The number of benzene rings is 1. The van der Waals surface area contributed by atoms with Crippen LogP contribution in [0.5, 0.6) is 5.75 Å². The van der Waals surface area contributed by atoms with Crippen molar-refractivity contribution >= 4 is 41.4 Å². The van der Waals surface area contributed by atoms with E-state index in [9.17, 15) is 39.0 Å². The summed E-state index contributed by atoms with van der Waals surface area (Å²) in [7, 11) is 0. The Hall–Kier alpha value is -4.28. The number of carbonyl (C=O) groups is 6. The highest BCUT2D eigenvalue weighted by atomic mass is 16.4. The van der Waals surface area contributed by atoms with Crippen LogP contribution >= 0.6 is 0 Å². The number of aromatic hydroxyl groups is 1. The number of phenols is 1. The Morgan fingerprint density at radius 3 is 1.37 bits per heavy atom. The van der Waals surface area contributed by atoms with Crippen LogP contribution in [-0.4, -0.2) is 127 Å². The second kappa shape index (κ2) is 15.1. The van der Waals surface area contributed by atoms with Crippen LogP contribution in [0.2, 0.25) is 0 Å². The van der Waals surface area contributed by atoms with Crippen LogP contribution in [-0.2, 0) is 41.9 Å². The molecule has 16 heteroatoms. The van der Waals surface area contributed by atoms with E-state index in [4.69, 9.17) is 20.4 Å². The predicted octanol–water partition coefficient (Wildman–Crippen LogP) is -1.32. The third kappa shape index (κ3) is 12.6. The number of amides is 1. The maximum atomic E-state index is 11.6. The van der Waals surface area contributed by atoms with Crippen molar-refractivity contribution in [3.8, 4) is 5.75 Å². The Morgan fingerprint density at radius 1 is 0.632 bits per heavy atom. The van der Waals surface area contributed by atoms with Crippen molar-refractivity contribution in [3.63, 3.8) is 0 Å². The van der Waals surface area contributed by atoms with Crippen LogP contribution in [0.1, 0.15) is 18.1 Å². The first kappa shape index (κ1) is 31.7. The second-order valence-corrected chi connectivity index (χ2v) is 8.36. The van der Waals surface area contributed by atoms with Gasteiger partial charge in [-0.1, -0.05) is 0 Å². The monoisotopic (exact) mass is 542 g/mol. The van der Waals surface area contributed by atoms with E-state index in [-0.39, 0.29) is 43.0 Å². The number of nitrogens with one attached hydrogen (secondary N) is 1. The first-order valence-electron chi connectivity index (χ1n) is 11.0. The highest BCUT2D eigenvalue weighted by Gasteiger charge is 2.21. The van der Waals surface area contributed by atoms with Crippen LogP contribution in [0.3, 0.4) is 0 Å². The molecule has 0 aromatic heterocycles. The van der Waals surface area contributed by atoms with Crippen molar-refractivity contribution in [2.45, 2.75) is 20.0 Å². The number of anilines is 1. The minimum absolute atomic E-state index is 0.0578. The summed E-state index contributed by atoms with van der Waals surface area (Å²) < 4.78 is 0. The molecular formula is C22H30N4O12. The number of carboxylic acids is 5. The Kier molecular flexibility index (Phi) is 12.6. The lowest BCUT2D eigenvalue weighted by Crippen LogP contribution is -2.41. The van der Waals surface area contributed by atoms with Gasteiger partial charge < -0.3 is 36.0 Å². The molecule has 1 aromatic carbocycles. The minimum atomic E-state index is -1.32. The zero-order chi connectivity index (χ0) is 29.0. The van der Waals surface area contributed by atoms with Gasteiger partial charge in [-0.05, 0) is 12.1 Å². The molecule has 1 amide bonds. The lowest BCUT2D eigenvalue weighted by molar-refractivity contribution is -0.144. The fourth-order valence-electron chi connectivity index (χ4n) is 3.59. The third-order valence-electron chi connectivity index (χ3n) is 4.90. The average Bonchev–Trinajstić information content (AvgIpc) is 2.72. The number of carbonyl (C=O) groups excluding carboxylic acids is 1. The zero-order valence-electron chi connectivity index (χ0n) is 20.5. The molecule has 1 rings (SSSR count). The largest absolute Gasteiger partial charge is 0.507 e. The lowest BCUT2D eigenvalue weighted by Gasteiger charge is -2.26. The van der Waals surface area contributed by atoms with E-state index in [0.29, 0.717) is 0 Å². The number of rotatable bonds is 18. The molecule has 16 nitrogen and oxygen atoms in total. The van der Waals surface area contributed by atoms with E-state index in [2.05, 4.69) is 5.32 Å². The first-order chi connectivity index (χ1) is 17.7. The van der Waals surface area contributed by atoms with Crippen molar-refractivity contribution in [3.05, 3.63) is 23.3 Å². The minimum Gasteiger partial charge on any atom is -0.507 e. The van der Waals surface area contributed by atoms with E-state index < -0.39 is 74.2 Å². The molecule has 0 aliphatic heterocycles. The highest BCUT2D eigenvalue weighted by molar-refractivity contribution is 5.89. The van der Waals surface area contributed by atoms with Gasteiger partial charge in [-0.3, -0.25) is 43.5 Å². The molecule has 0 aliphatic rings. The van der Waals surface area contributed by atoms with E-state index >= 15 is 0 Å². The summed E-state index contributed by atoms with van der Waals surface area (Å²) in [4.78, 5) is 70.9. The Morgan fingerprint density at radius 2 is 0.974 bits per heavy atom. The van der Waals surface area contributed by atoms with Gasteiger partial charge in [0.15, 0.2) is 0 Å². The smallest absolute Gasteiger partial charge is 0.317 e. The fourth-order valence-corrected chi connectivity index (χ4v) is 3.59. The average molecular weight is 542 g/mol. The number of aliphatic carboxylic acids is 5. The molecule has 0 spiro atoms. The molecule has 0 bridgehead atoms. The van der Waals surface area contributed by atoms with Gasteiger partial charge in [0.25, 0.3) is 0 Å². The van der Waals surface area contributed by atoms with Gasteiger partial charge in [0.2, 0.25) is 5.91 Å². The summed E-state index contributed by atoms with van der Waals surface area (Å²) in [6.07, 6.45) is 0. The number of nitrogens with zero attached hydrogens (tertiary/aromatic N) is 3. The van der Waals surface area contributed by atoms with Crippen LogP contribution < -0.4 is 5.32 Å². The predicted molar refractivity (Wildman–Crippen MR) is 128 cm³/mol. The summed E-state index contributed by atoms with van der Waals surface area (Å²) in [5.41, 5.74) is 0.322. The van der Waals surface area contributed by atoms with Gasteiger partial charge in [0, 0.05) is 49.9 Å². The molecule has 0 fully saturated rings. The van der Waals surface area contributed by atoms with Crippen LogP contribution in [0, 0.1) is 0 Å². The van der Waals surface area contributed by atoms with Gasteiger partial charge in [-0.25, -0.2) is 0 Å². The molecule has 0 saturated heterocycles. The lowest BCUT2D eigenvalue weighted by atomic mass is 10.1. The molecule has 0 atom stereocenters. The Bertz CT molecular complexity index is 1030. The Labute approximate surface area is 216 Å². The maximum Gasteiger partial charge on any atom is 0.317 e. The maximum absolute atomic E-state index is 11.6. The number of hydrogen-bond acceptors (Lipinski definition) is 10. The molecule has 210 valence electrons. The van der Waals surface area contributed by atoms with Crippen molar-refractivity contribution in [1.82, 2.24) is 14.7 Å². The topological polar surface area (TPSA) is 246 Å². The summed E-state index contributed by atoms with van der Waals surface area (Å²) in [6.45, 7) is -2.75. The van der Waals surface area contributed by atoms with Gasteiger partial charge >= 0.3 is 29.8 Å². The molecule has 0 aliphatic carbocycles. The molecule has 0 heterocycles. The van der Waals surface area contributed by atoms with Crippen LogP contribution in [0.15, 0.2) is 12.1 Å². The molecule has 0 saturated carbocycles. The summed E-state index contributed by atoms with van der Waals surface area (Å²) >= 11 is 0. The third-order valence-corrected chi connectivity index (χ3v) is 4.90. The van der Waals surface area contributed by atoms with Gasteiger partial charge in [-0.2, -0.15) is 0 Å². The standard InChI is InChI=1S/C22H30N4O12/c1-13(27)23-16-4-14(22(38)15(5-16)7-26(11-20(34)35)12-21(36)37)6-24(8-17(28)29)2-3-25(9-18(30)31)10-19(32)33/h4-5,38H,2-3,6-12H2,1H3,(H,23,27)(H,28,29)(H,30,31)(H,32,33)(H,34,35)(H,36,37). The second-order valence-electron chi connectivity index (χ2n) is 8.36. The van der Waals surface area contributed by atoms with Gasteiger partial charge in [0.05, 0.1) is 32.7 Å². The molecule has 0 radical (unpaired) electrons. The van der Waals surface area contributed by atoms with Crippen molar-refractivity contribution in [1.29, 1.82) is 0 Å². The summed E-state index contributed by atoms with van der Waals surface area (Å²) in [6, 6.07) is 2.67. The van der Waals surface area contributed by atoms with E-state index in [1.807, 2.05) is 0 Å². The summed E-state index contributed by atoms with van der Waals surface area (Å²) in [5.74, 6) is -7.35. The van der Waals surface area contributed by atoms with Crippen molar-refractivity contribution in [2.24, 2.45) is 0 Å². The van der Waals surface area contributed by atoms with Gasteiger partial charge in [0.1, 0.15) is 5.75 Å². The molecule has 7 N–H and O–H groups in total. The van der Waals surface area contributed by atoms with E-state index in [1.165, 1.54) is 24.0 Å². The normalized spacial score (nSPS) is 11.1. The fraction of sp³-hybridized carbons (Fsp3) is 0.455. The van der Waals surface area contributed by atoms with Gasteiger partial charge in [-0.15, -0.1) is 0 Å². The summed E-state index contributed by atoms with van der Waals surface area (Å²) in [5, 5.41) is 58.9. The SMILES string of the molecule is CC(=O)Nc1cc(CN(CCN(CC(=O)O)CC(=O)O)CC(=O)O)c(O)c(CN(CC(=O)O)CC(=O)O)c1. The first-order valence-corrected chi connectivity index (χ1v) is 11.0. The number of hydrogen-bond donors (Lipinski definition) is 7. The molecule has 1 aromatic rings. The molecular weight excluding hydrogens is 512 g/mol. The van der Waals surface area contributed by atoms with Crippen molar-refractivity contribution in [2.75, 3.05) is 51.1 Å². The highest BCUT2D eigenvalue weighted by Crippen LogP contribution is 2.30. The zero-order valence-corrected chi connectivity index (χ0v) is 20.5. The molecule has 0 unspecified atom stereocenters. The molecule has 38 heavy (non-hydrogen) atoms.